The van der Waals surface area contributed by atoms with Gasteiger partial charge in [0.05, 0.1) is 5.02 Å². The number of phenolic OH excluding ortho intramolecular Hbond substituents is 1. The standard InChI is InChI=1S/C15H15ClFNO/c1-10(12-4-2-3-5-14(12)17)18-9-11-6-7-15(19)13(16)8-11/h2-8,10,18-19H,9H2,1H3/t10-/m1/s1. The quantitative estimate of drug-likeness (QED) is 0.885. The van der Waals surface area contributed by atoms with Crippen LogP contribution in [0.15, 0.2) is 42.5 Å². The van der Waals surface area contributed by atoms with E-state index in [1.54, 1.807) is 30.3 Å². The van der Waals surface area contributed by atoms with Crippen molar-refractivity contribution in [2.75, 3.05) is 0 Å². The topological polar surface area (TPSA) is 32.3 Å². The fourth-order valence-electron chi connectivity index (χ4n) is 1.87. The predicted molar refractivity (Wildman–Crippen MR) is 74.8 cm³/mol. The Bertz CT molecular complexity index is 574. The molecule has 2 nitrogen and oxygen atoms in total. The van der Waals surface area contributed by atoms with Crippen molar-refractivity contribution in [1.29, 1.82) is 0 Å². The van der Waals surface area contributed by atoms with Gasteiger partial charge in [-0.2, -0.15) is 0 Å². The van der Waals surface area contributed by atoms with Gasteiger partial charge in [-0.05, 0) is 30.7 Å². The lowest BCUT2D eigenvalue weighted by Crippen LogP contribution is -2.19. The van der Waals surface area contributed by atoms with Gasteiger partial charge in [0.1, 0.15) is 11.6 Å². The summed E-state index contributed by atoms with van der Waals surface area (Å²) >= 11 is 5.83. The molecule has 0 aromatic heterocycles. The summed E-state index contributed by atoms with van der Waals surface area (Å²) in [6, 6.07) is 11.6. The summed E-state index contributed by atoms with van der Waals surface area (Å²) in [5, 5.41) is 12.9. The number of hydrogen-bond donors (Lipinski definition) is 2. The number of halogens is 2. The lowest BCUT2D eigenvalue weighted by atomic mass is 10.1. The maximum atomic E-state index is 13.6. The molecule has 19 heavy (non-hydrogen) atoms. The molecule has 0 amide bonds. The van der Waals surface area contributed by atoms with E-state index in [2.05, 4.69) is 5.32 Å². The summed E-state index contributed by atoms with van der Waals surface area (Å²) in [6.07, 6.45) is 0. The Kier molecular flexibility index (Phi) is 4.40. The molecule has 0 saturated carbocycles. The van der Waals surface area contributed by atoms with Gasteiger partial charge in [-0.15, -0.1) is 0 Å². The van der Waals surface area contributed by atoms with E-state index in [1.165, 1.54) is 6.07 Å². The van der Waals surface area contributed by atoms with Crippen molar-refractivity contribution in [2.45, 2.75) is 19.5 Å². The summed E-state index contributed by atoms with van der Waals surface area (Å²) < 4.78 is 13.6. The number of benzene rings is 2. The number of rotatable bonds is 4. The van der Waals surface area contributed by atoms with Crippen LogP contribution in [0.2, 0.25) is 5.02 Å². The van der Waals surface area contributed by atoms with Crippen molar-refractivity contribution in [3.8, 4) is 5.75 Å². The van der Waals surface area contributed by atoms with Crippen molar-refractivity contribution < 1.29 is 9.50 Å². The molecule has 0 spiro atoms. The van der Waals surface area contributed by atoms with Gasteiger partial charge in [-0.3, -0.25) is 0 Å². The summed E-state index contributed by atoms with van der Waals surface area (Å²) in [5.74, 6) is -0.154. The molecule has 0 unspecified atom stereocenters. The molecule has 2 aromatic rings. The second kappa shape index (κ2) is 6.04. The molecule has 0 saturated heterocycles. The second-order valence-electron chi connectivity index (χ2n) is 4.41. The Hall–Kier alpha value is -1.58. The molecule has 2 N–H and O–H groups in total. The highest BCUT2D eigenvalue weighted by Crippen LogP contribution is 2.24. The zero-order valence-corrected chi connectivity index (χ0v) is 11.3. The van der Waals surface area contributed by atoms with Gasteiger partial charge in [0, 0.05) is 18.2 Å². The van der Waals surface area contributed by atoms with Crippen LogP contribution >= 0.6 is 11.6 Å². The summed E-state index contributed by atoms with van der Waals surface area (Å²) in [4.78, 5) is 0. The summed E-state index contributed by atoms with van der Waals surface area (Å²) in [7, 11) is 0. The highest BCUT2D eigenvalue weighted by atomic mass is 35.5. The fraction of sp³-hybridized carbons (Fsp3) is 0.200. The number of hydrogen-bond acceptors (Lipinski definition) is 2. The first-order chi connectivity index (χ1) is 9.08. The average Bonchev–Trinajstić information content (AvgIpc) is 2.40. The van der Waals surface area contributed by atoms with E-state index < -0.39 is 0 Å². The summed E-state index contributed by atoms with van der Waals surface area (Å²) in [5.41, 5.74) is 1.57. The van der Waals surface area contributed by atoms with Crippen LogP contribution in [0.4, 0.5) is 4.39 Å². The van der Waals surface area contributed by atoms with Gasteiger partial charge in [0.25, 0.3) is 0 Å². The molecule has 0 aliphatic carbocycles. The molecule has 2 rings (SSSR count). The third-order valence-electron chi connectivity index (χ3n) is 3.00. The summed E-state index contributed by atoms with van der Waals surface area (Å²) in [6.45, 7) is 2.45. The van der Waals surface area contributed by atoms with Gasteiger partial charge in [0.2, 0.25) is 0 Å². The maximum absolute atomic E-state index is 13.6. The van der Waals surface area contributed by atoms with Crippen molar-refractivity contribution >= 4 is 11.6 Å². The Morgan fingerprint density at radius 2 is 2.00 bits per heavy atom. The Labute approximate surface area is 116 Å². The molecule has 0 fully saturated rings. The third-order valence-corrected chi connectivity index (χ3v) is 3.30. The minimum atomic E-state index is -0.216. The largest absolute Gasteiger partial charge is 0.506 e. The Morgan fingerprint density at radius 1 is 1.26 bits per heavy atom. The molecule has 100 valence electrons. The zero-order valence-electron chi connectivity index (χ0n) is 10.5. The van der Waals surface area contributed by atoms with Gasteiger partial charge >= 0.3 is 0 Å². The van der Waals surface area contributed by atoms with Gasteiger partial charge < -0.3 is 10.4 Å². The van der Waals surface area contributed by atoms with Crippen LogP contribution in [0.1, 0.15) is 24.1 Å². The van der Waals surface area contributed by atoms with Gasteiger partial charge in [-0.25, -0.2) is 4.39 Å². The van der Waals surface area contributed by atoms with E-state index >= 15 is 0 Å². The minimum Gasteiger partial charge on any atom is -0.506 e. The van der Waals surface area contributed by atoms with Gasteiger partial charge in [-0.1, -0.05) is 35.9 Å². The van der Waals surface area contributed by atoms with Crippen LogP contribution in [-0.4, -0.2) is 5.11 Å². The van der Waals surface area contributed by atoms with Crippen molar-refractivity contribution in [1.82, 2.24) is 5.32 Å². The van der Waals surface area contributed by atoms with E-state index in [-0.39, 0.29) is 17.6 Å². The smallest absolute Gasteiger partial charge is 0.134 e. The molecule has 0 heterocycles. The first-order valence-corrected chi connectivity index (χ1v) is 6.41. The molecular weight excluding hydrogens is 265 g/mol. The molecule has 0 radical (unpaired) electrons. The molecule has 2 aromatic carbocycles. The van der Waals surface area contributed by atoms with Crippen LogP contribution in [0.25, 0.3) is 0 Å². The highest BCUT2D eigenvalue weighted by molar-refractivity contribution is 6.32. The molecule has 0 bridgehead atoms. The van der Waals surface area contributed by atoms with Crippen molar-refractivity contribution in [3.05, 3.63) is 64.4 Å². The number of nitrogens with one attached hydrogen (secondary N) is 1. The van der Waals surface area contributed by atoms with E-state index in [0.717, 1.165) is 5.56 Å². The van der Waals surface area contributed by atoms with Crippen molar-refractivity contribution in [2.24, 2.45) is 0 Å². The zero-order chi connectivity index (χ0) is 13.8. The first-order valence-electron chi connectivity index (χ1n) is 6.03. The predicted octanol–water partition coefficient (Wildman–Crippen LogP) is 4.04. The number of phenols is 1. The monoisotopic (exact) mass is 279 g/mol. The van der Waals surface area contributed by atoms with Gasteiger partial charge in [0.15, 0.2) is 0 Å². The highest BCUT2D eigenvalue weighted by Gasteiger charge is 2.09. The third kappa shape index (κ3) is 3.46. The van der Waals surface area contributed by atoms with Crippen LogP contribution in [-0.2, 0) is 6.54 Å². The second-order valence-corrected chi connectivity index (χ2v) is 4.82. The lowest BCUT2D eigenvalue weighted by molar-refractivity contribution is 0.475. The van der Waals surface area contributed by atoms with Crippen LogP contribution in [0.3, 0.4) is 0 Å². The Balaban J connectivity index is 2.02. The minimum absolute atomic E-state index is 0.0626. The number of aromatic hydroxyl groups is 1. The SMILES string of the molecule is C[C@@H](NCc1ccc(O)c(Cl)c1)c1ccccc1F. The van der Waals surface area contributed by atoms with E-state index in [4.69, 9.17) is 11.6 Å². The van der Waals surface area contributed by atoms with E-state index in [9.17, 15) is 9.50 Å². The Morgan fingerprint density at radius 3 is 2.68 bits per heavy atom. The van der Waals surface area contributed by atoms with E-state index in [1.807, 2.05) is 13.0 Å². The van der Waals surface area contributed by atoms with Crippen LogP contribution in [0, 0.1) is 5.82 Å². The molecule has 0 aliphatic heterocycles. The van der Waals surface area contributed by atoms with Crippen LogP contribution < -0.4 is 5.32 Å². The van der Waals surface area contributed by atoms with E-state index in [0.29, 0.717) is 17.1 Å². The average molecular weight is 280 g/mol. The normalized spacial score (nSPS) is 12.4. The maximum Gasteiger partial charge on any atom is 0.134 e. The molecular formula is C15H15ClFNO. The molecule has 4 heteroatoms. The molecule has 0 aliphatic rings. The van der Waals surface area contributed by atoms with Crippen molar-refractivity contribution in [3.63, 3.8) is 0 Å². The van der Waals surface area contributed by atoms with Crippen LogP contribution in [0.5, 0.6) is 5.75 Å². The first kappa shape index (κ1) is 13.8. The lowest BCUT2D eigenvalue weighted by Gasteiger charge is -2.15. The molecule has 1 atom stereocenters. The fourth-order valence-corrected chi connectivity index (χ4v) is 2.07.